The van der Waals surface area contributed by atoms with Gasteiger partial charge in [0.05, 0.1) is 12.7 Å². The molecule has 0 spiro atoms. The number of nitrogens with one attached hydrogen (secondary N) is 2. The number of carbonyl (C=O) groups is 1. The van der Waals surface area contributed by atoms with E-state index in [9.17, 15) is 4.79 Å². The molecule has 7 heteroatoms. The van der Waals surface area contributed by atoms with E-state index in [0.717, 1.165) is 38.4 Å². The van der Waals surface area contributed by atoms with Crippen LogP contribution in [0.15, 0.2) is 4.99 Å². The van der Waals surface area contributed by atoms with Gasteiger partial charge in [-0.25, -0.2) is 4.99 Å². The standard InChI is InChI=1S/C18H34N4O3/c1-22(2)17(23)13-20-18(21-15-7-3-4-8-15)19-10-6-11-24-14-16-9-5-12-25-16/h15-16H,3-14H2,1-2H3,(H2,19,20,21). The second-order valence-corrected chi connectivity index (χ2v) is 7.07. The molecule has 0 aromatic rings. The molecular weight excluding hydrogens is 320 g/mol. The van der Waals surface area contributed by atoms with Crippen molar-refractivity contribution in [1.82, 2.24) is 15.5 Å². The summed E-state index contributed by atoms with van der Waals surface area (Å²) in [5, 5.41) is 6.78. The first-order valence-electron chi connectivity index (χ1n) is 9.59. The first kappa shape index (κ1) is 20.0. The van der Waals surface area contributed by atoms with Crippen LogP contribution in [0.4, 0.5) is 0 Å². The molecule has 1 aliphatic carbocycles. The molecule has 0 radical (unpaired) electrons. The highest BCUT2D eigenvalue weighted by Gasteiger charge is 2.17. The molecular formula is C18H34N4O3. The number of aliphatic imine (C=N–C) groups is 1. The summed E-state index contributed by atoms with van der Waals surface area (Å²) < 4.78 is 11.2. The van der Waals surface area contributed by atoms with Crippen LogP contribution in [0.2, 0.25) is 0 Å². The van der Waals surface area contributed by atoms with Crippen LogP contribution >= 0.6 is 0 Å². The fraction of sp³-hybridized carbons (Fsp3) is 0.889. The first-order chi connectivity index (χ1) is 12.1. The number of hydrogen-bond donors (Lipinski definition) is 2. The number of nitrogens with zero attached hydrogens (tertiary/aromatic N) is 2. The van der Waals surface area contributed by atoms with E-state index in [1.807, 2.05) is 0 Å². The minimum absolute atomic E-state index is 0.00687. The molecule has 2 aliphatic rings. The molecule has 0 bridgehead atoms. The zero-order chi connectivity index (χ0) is 17.9. The lowest BCUT2D eigenvalue weighted by Crippen LogP contribution is -2.43. The van der Waals surface area contributed by atoms with Gasteiger partial charge in [-0.05, 0) is 32.1 Å². The van der Waals surface area contributed by atoms with Gasteiger partial charge in [0.2, 0.25) is 5.91 Å². The maximum Gasteiger partial charge on any atom is 0.243 e. The Balaban J connectivity index is 1.65. The van der Waals surface area contributed by atoms with Crippen molar-refractivity contribution in [2.24, 2.45) is 4.99 Å². The number of ether oxygens (including phenoxy) is 2. The minimum Gasteiger partial charge on any atom is -0.379 e. The molecule has 1 heterocycles. The summed E-state index contributed by atoms with van der Waals surface area (Å²) in [6.07, 6.45) is 8.32. The van der Waals surface area contributed by atoms with E-state index >= 15 is 0 Å². The molecule has 1 unspecified atom stereocenters. The highest BCUT2D eigenvalue weighted by atomic mass is 16.5. The molecule has 0 aromatic heterocycles. The van der Waals surface area contributed by atoms with Gasteiger partial charge in [0.25, 0.3) is 0 Å². The average Bonchev–Trinajstić information content (AvgIpc) is 3.28. The summed E-state index contributed by atoms with van der Waals surface area (Å²) in [6, 6.07) is 0.469. The number of rotatable bonds is 9. The third-order valence-corrected chi connectivity index (χ3v) is 4.65. The SMILES string of the molecule is CN(C)C(=O)CN=C(NCCCOCC1CCCO1)NC1CCCC1. The Morgan fingerprint density at radius 2 is 2.04 bits per heavy atom. The molecule has 2 N–H and O–H groups in total. The van der Waals surface area contributed by atoms with Gasteiger partial charge >= 0.3 is 0 Å². The quantitative estimate of drug-likeness (QED) is 0.369. The Bertz CT molecular complexity index is 417. The molecule has 1 aliphatic heterocycles. The Kier molecular flexibility index (Phi) is 9.04. The fourth-order valence-electron chi connectivity index (χ4n) is 3.08. The van der Waals surface area contributed by atoms with E-state index in [4.69, 9.17) is 9.47 Å². The summed E-state index contributed by atoms with van der Waals surface area (Å²) in [6.45, 7) is 3.22. The molecule has 1 saturated carbocycles. The predicted octanol–water partition coefficient (Wildman–Crippen LogP) is 1.14. The van der Waals surface area contributed by atoms with Crippen LogP contribution in [0.25, 0.3) is 0 Å². The Morgan fingerprint density at radius 1 is 1.24 bits per heavy atom. The van der Waals surface area contributed by atoms with Gasteiger partial charge in [0.1, 0.15) is 6.54 Å². The zero-order valence-electron chi connectivity index (χ0n) is 15.8. The van der Waals surface area contributed by atoms with E-state index in [2.05, 4.69) is 15.6 Å². The monoisotopic (exact) mass is 354 g/mol. The lowest BCUT2D eigenvalue weighted by atomic mass is 10.2. The van der Waals surface area contributed by atoms with E-state index in [1.54, 1.807) is 19.0 Å². The summed E-state index contributed by atoms with van der Waals surface area (Å²) in [5.74, 6) is 0.744. The number of hydrogen-bond acceptors (Lipinski definition) is 4. The fourth-order valence-corrected chi connectivity index (χ4v) is 3.08. The highest BCUT2D eigenvalue weighted by Crippen LogP contribution is 2.17. The largest absolute Gasteiger partial charge is 0.379 e. The molecule has 2 rings (SSSR count). The normalized spacial score (nSPS) is 21.5. The van der Waals surface area contributed by atoms with Gasteiger partial charge in [0.15, 0.2) is 5.96 Å². The van der Waals surface area contributed by atoms with Gasteiger partial charge in [-0.2, -0.15) is 0 Å². The number of amides is 1. The van der Waals surface area contributed by atoms with Crippen molar-refractivity contribution < 1.29 is 14.3 Å². The van der Waals surface area contributed by atoms with Crippen LogP contribution < -0.4 is 10.6 Å². The Labute approximate surface area is 151 Å². The predicted molar refractivity (Wildman–Crippen MR) is 98.8 cm³/mol. The maximum atomic E-state index is 11.8. The van der Waals surface area contributed by atoms with Crippen LogP contribution in [0.3, 0.4) is 0 Å². The first-order valence-corrected chi connectivity index (χ1v) is 9.59. The van der Waals surface area contributed by atoms with Crippen LogP contribution in [0, 0.1) is 0 Å². The summed E-state index contributed by atoms with van der Waals surface area (Å²) >= 11 is 0. The van der Waals surface area contributed by atoms with E-state index in [0.29, 0.717) is 19.3 Å². The molecule has 25 heavy (non-hydrogen) atoms. The van der Waals surface area contributed by atoms with Crippen molar-refractivity contribution in [2.45, 2.75) is 57.1 Å². The Morgan fingerprint density at radius 3 is 2.72 bits per heavy atom. The smallest absolute Gasteiger partial charge is 0.243 e. The number of likely N-dealkylation sites (N-methyl/N-ethyl adjacent to an activating group) is 1. The second-order valence-electron chi connectivity index (χ2n) is 7.07. The maximum absolute atomic E-state index is 11.8. The van der Waals surface area contributed by atoms with E-state index in [1.165, 1.54) is 25.7 Å². The zero-order valence-corrected chi connectivity index (χ0v) is 15.8. The van der Waals surface area contributed by atoms with E-state index in [-0.39, 0.29) is 18.6 Å². The van der Waals surface area contributed by atoms with Crippen molar-refractivity contribution in [3.8, 4) is 0 Å². The highest BCUT2D eigenvalue weighted by molar-refractivity contribution is 5.84. The lowest BCUT2D eigenvalue weighted by Gasteiger charge is -2.18. The topological polar surface area (TPSA) is 75.2 Å². The van der Waals surface area contributed by atoms with Crippen LogP contribution in [-0.4, -0.2) is 75.9 Å². The van der Waals surface area contributed by atoms with Crippen molar-refractivity contribution in [3.05, 3.63) is 0 Å². The summed E-state index contributed by atoms with van der Waals surface area (Å²) in [7, 11) is 3.50. The van der Waals surface area contributed by atoms with E-state index < -0.39 is 0 Å². The van der Waals surface area contributed by atoms with Gasteiger partial charge in [0, 0.05) is 39.9 Å². The minimum atomic E-state index is 0.00687. The van der Waals surface area contributed by atoms with Crippen molar-refractivity contribution in [2.75, 3.05) is 47.0 Å². The van der Waals surface area contributed by atoms with Crippen molar-refractivity contribution in [1.29, 1.82) is 0 Å². The van der Waals surface area contributed by atoms with Gasteiger partial charge < -0.3 is 25.0 Å². The average molecular weight is 354 g/mol. The summed E-state index contributed by atoms with van der Waals surface area (Å²) in [4.78, 5) is 17.8. The van der Waals surface area contributed by atoms with Gasteiger partial charge in [-0.1, -0.05) is 12.8 Å². The number of carbonyl (C=O) groups excluding carboxylic acids is 1. The van der Waals surface area contributed by atoms with Crippen molar-refractivity contribution in [3.63, 3.8) is 0 Å². The molecule has 7 nitrogen and oxygen atoms in total. The lowest BCUT2D eigenvalue weighted by molar-refractivity contribution is -0.127. The van der Waals surface area contributed by atoms with Crippen LogP contribution in [0.1, 0.15) is 44.9 Å². The number of guanidine groups is 1. The molecule has 1 saturated heterocycles. The van der Waals surface area contributed by atoms with Crippen LogP contribution in [0.5, 0.6) is 0 Å². The molecule has 144 valence electrons. The molecule has 2 fully saturated rings. The van der Waals surface area contributed by atoms with Crippen LogP contribution in [-0.2, 0) is 14.3 Å². The molecule has 1 amide bonds. The molecule has 0 aromatic carbocycles. The summed E-state index contributed by atoms with van der Waals surface area (Å²) in [5.41, 5.74) is 0. The van der Waals surface area contributed by atoms with Gasteiger partial charge in [-0.3, -0.25) is 4.79 Å². The third kappa shape index (κ3) is 8.05. The third-order valence-electron chi connectivity index (χ3n) is 4.65. The Hall–Kier alpha value is -1.34. The second kappa shape index (κ2) is 11.3. The molecule has 1 atom stereocenters. The van der Waals surface area contributed by atoms with Gasteiger partial charge in [-0.15, -0.1) is 0 Å². The van der Waals surface area contributed by atoms with Crippen molar-refractivity contribution >= 4 is 11.9 Å².